The van der Waals surface area contributed by atoms with Gasteiger partial charge in [0.05, 0.1) is 6.04 Å². The molecule has 1 saturated heterocycles. The summed E-state index contributed by atoms with van der Waals surface area (Å²) in [7, 11) is 0. The smallest absolute Gasteiger partial charge is 0.167 e. The molecule has 2 unspecified atom stereocenters. The fourth-order valence-electron chi connectivity index (χ4n) is 2.40. The third kappa shape index (κ3) is 1.55. The highest BCUT2D eigenvalue weighted by Gasteiger charge is 2.26. The van der Waals surface area contributed by atoms with Gasteiger partial charge in [0.15, 0.2) is 5.82 Å². The summed E-state index contributed by atoms with van der Waals surface area (Å²) in [6, 6.07) is 0.301. The van der Waals surface area contributed by atoms with E-state index in [0.29, 0.717) is 6.04 Å². The summed E-state index contributed by atoms with van der Waals surface area (Å²) in [5, 5.41) is 17.5. The zero-order valence-electron chi connectivity index (χ0n) is 8.69. The average molecular weight is 208 g/mol. The SMILES string of the molecule is OC1CCCc2nc(C3CCCN3)nn21. The minimum absolute atomic E-state index is 0.301. The first-order valence-electron chi connectivity index (χ1n) is 5.71. The quantitative estimate of drug-likeness (QED) is 0.706. The zero-order chi connectivity index (χ0) is 10.3. The Kier molecular flexibility index (Phi) is 2.21. The molecule has 0 aliphatic carbocycles. The van der Waals surface area contributed by atoms with E-state index in [-0.39, 0.29) is 0 Å². The fraction of sp³-hybridized carbons (Fsp3) is 0.800. The molecule has 2 N–H and O–H groups in total. The Morgan fingerprint density at radius 1 is 1.33 bits per heavy atom. The van der Waals surface area contributed by atoms with Crippen molar-refractivity contribution in [2.75, 3.05) is 6.54 Å². The lowest BCUT2D eigenvalue weighted by Gasteiger charge is -2.17. The fourth-order valence-corrected chi connectivity index (χ4v) is 2.40. The van der Waals surface area contributed by atoms with E-state index >= 15 is 0 Å². The molecule has 0 aromatic carbocycles. The summed E-state index contributed by atoms with van der Waals surface area (Å²) < 4.78 is 1.69. The average Bonchev–Trinajstić information content (AvgIpc) is 2.86. The van der Waals surface area contributed by atoms with Gasteiger partial charge >= 0.3 is 0 Å². The topological polar surface area (TPSA) is 63.0 Å². The van der Waals surface area contributed by atoms with Crippen LogP contribution < -0.4 is 5.32 Å². The summed E-state index contributed by atoms with van der Waals surface area (Å²) in [6.07, 6.45) is 4.59. The van der Waals surface area contributed by atoms with Crippen LogP contribution >= 0.6 is 0 Å². The van der Waals surface area contributed by atoms with Crippen molar-refractivity contribution >= 4 is 0 Å². The number of aliphatic hydroxyl groups excluding tert-OH is 1. The van der Waals surface area contributed by atoms with E-state index in [1.54, 1.807) is 4.68 Å². The first-order valence-corrected chi connectivity index (χ1v) is 5.71. The van der Waals surface area contributed by atoms with Crippen molar-refractivity contribution in [1.82, 2.24) is 20.1 Å². The second-order valence-electron chi connectivity index (χ2n) is 4.35. The number of nitrogens with one attached hydrogen (secondary N) is 1. The minimum atomic E-state index is -0.462. The van der Waals surface area contributed by atoms with E-state index in [0.717, 1.165) is 43.9 Å². The molecule has 3 rings (SSSR count). The van der Waals surface area contributed by atoms with Crippen LogP contribution in [0.2, 0.25) is 0 Å². The Morgan fingerprint density at radius 3 is 3.00 bits per heavy atom. The predicted octanol–water partition coefficient (Wildman–Crippen LogP) is 0.530. The molecule has 5 nitrogen and oxygen atoms in total. The highest BCUT2D eigenvalue weighted by Crippen LogP contribution is 2.25. The van der Waals surface area contributed by atoms with Crippen molar-refractivity contribution in [1.29, 1.82) is 0 Å². The summed E-state index contributed by atoms with van der Waals surface area (Å²) in [5.74, 6) is 1.81. The van der Waals surface area contributed by atoms with Gasteiger partial charge in [-0.25, -0.2) is 9.67 Å². The predicted molar refractivity (Wildman–Crippen MR) is 54.2 cm³/mol. The maximum Gasteiger partial charge on any atom is 0.167 e. The summed E-state index contributed by atoms with van der Waals surface area (Å²) in [6.45, 7) is 1.05. The van der Waals surface area contributed by atoms with Gasteiger partial charge in [-0.15, -0.1) is 0 Å². The Balaban J connectivity index is 1.90. The number of aromatic nitrogens is 3. The van der Waals surface area contributed by atoms with E-state index in [9.17, 15) is 5.11 Å². The van der Waals surface area contributed by atoms with Crippen molar-refractivity contribution < 1.29 is 5.11 Å². The molecule has 5 heteroatoms. The standard InChI is InChI=1S/C10H16N4O/c15-9-5-1-4-8-12-10(13-14(8)9)7-3-2-6-11-7/h7,9,11,15H,1-6H2. The van der Waals surface area contributed by atoms with Crippen molar-refractivity contribution in [2.24, 2.45) is 0 Å². The molecule has 0 amide bonds. The highest BCUT2D eigenvalue weighted by atomic mass is 16.3. The van der Waals surface area contributed by atoms with E-state index in [4.69, 9.17) is 0 Å². The van der Waals surface area contributed by atoms with Gasteiger partial charge in [0.1, 0.15) is 12.1 Å². The summed E-state index contributed by atoms with van der Waals surface area (Å²) >= 11 is 0. The van der Waals surface area contributed by atoms with Crippen molar-refractivity contribution in [3.05, 3.63) is 11.6 Å². The third-order valence-corrected chi connectivity index (χ3v) is 3.24. The van der Waals surface area contributed by atoms with Crippen molar-refractivity contribution in [2.45, 2.75) is 44.4 Å². The Bertz CT molecular complexity index is 356. The molecule has 1 aromatic rings. The lowest BCUT2D eigenvalue weighted by Crippen LogP contribution is -2.19. The van der Waals surface area contributed by atoms with Gasteiger partial charge < -0.3 is 10.4 Å². The molecular formula is C10H16N4O. The first-order chi connectivity index (χ1) is 7.34. The molecule has 3 heterocycles. The largest absolute Gasteiger partial charge is 0.372 e. The number of nitrogens with zero attached hydrogens (tertiary/aromatic N) is 3. The molecule has 2 atom stereocenters. The van der Waals surface area contributed by atoms with Crippen LogP contribution in [0, 0.1) is 0 Å². The maximum absolute atomic E-state index is 9.76. The zero-order valence-corrected chi connectivity index (χ0v) is 8.69. The number of hydrogen-bond donors (Lipinski definition) is 2. The Hall–Kier alpha value is -0.940. The van der Waals surface area contributed by atoms with E-state index in [1.165, 1.54) is 6.42 Å². The monoisotopic (exact) mass is 208 g/mol. The minimum Gasteiger partial charge on any atom is -0.372 e. The number of fused-ring (bicyclic) bond motifs is 1. The van der Waals surface area contributed by atoms with Crippen LogP contribution in [0.15, 0.2) is 0 Å². The molecule has 0 radical (unpaired) electrons. The molecule has 1 fully saturated rings. The van der Waals surface area contributed by atoms with Crippen LogP contribution in [0.1, 0.15) is 49.6 Å². The van der Waals surface area contributed by atoms with Gasteiger partial charge in [-0.05, 0) is 32.2 Å². The van der Waals surface area contributed by atoms with Gasteiger partial charge in [0.2, 0.25) is 0 Å². The van der Waals surface area contributed by atoms with Crippen LogP contribution in [0.5, 0.6) is 0 Å². The van der Waals surface area contributed by atoms with Crippen molar-refractivity contribution in [3.8, 4) is 0 Å². The van der Waals surface area contributed by atoms with Gasteiger partial charge in [-0.1, -0.05) is 0 Å². The van der Waals surface area contributed by atoms with Gasteiger partial charge in [0, 0.05) is 6.42 Å². The summed E-state index contributed by atoms with van der Waals surface area (Å²) in [4.78, 5) is 4.51. The highest BCUT2D eigenvalue weighted by molar-refractivity contribution is 5.02. The number of rotatable bonds is 1. The third-order valence-electron chi connectivity index (χ3n) is 3.24. The molecule has 1 aromatic heterocycles. The number of aliphatic hydroxyl groups is 1. The molecule has 0 saturated carbocycles. The Morgan fingerprint density at radius 2 is 2.27 bits per heavy atom. The van der Waals surface area contributed by atoms with Crippen LogP contribution in [-0.4, -0.2) is 26.4 Å². The van der Waals surface area contributed by atoms with E-state index in [2.05, 4.69) is 15.4 Å². The Labute approximate surface area is 88.5 Å². The number of hydrogen-bond acceptors (Lipinski definition) is 4. The molecule has 2 aliphatic heterocycles. The maximum atomic E-state index is 9.76. The van der Waals surface area contributed by atoms with Crippen LogP contribution in [0.25, 0.3) is 0 Å². The van der Waals surface area contributed by atoms with E-state index < -0.39 is 6.23 Å². The van der Waals surface area contributed by atoms with Crippen LogP contribution in [0.3, 0.4) is 0 Å². The van der Waals surface area contributed by atoms with Gasteiger partial charge in [-0.2, -0.15) is 5.10 Å². The van der Waals surface area contributed by atoms with Crippen LogP contribution in [0.4, 0.5) is 0 Å². The van der Waals surface area contributed by atoms with Crippen molar-refractivity contribution in [3.63, 3.8) is 0 Å². The second-order valence-corrected chi connectivity index (χ2v) is 4.35. The molecular weight excluding hydrogens is 192 g/mol. The molecule has 2 aliphatic rings. The second kappa shape index (κ2) is 3.57. The van der Waals surface area contributed by atoms with Crippen LogP contribution in [-0.2, 0) is 6.42 Å². The number of aryl methyl sites for hydroxylation is 1. The van der Waals surface area contributed by atoms with Gasteiger partial charge in [0.25, 0.3) is 0 Å². The molecule has 15 heavy (non-hydrogen) atoms. The first kappa shape index (κ1) is 9.30. The van der Waals surface area contributed by atoms with E-state index in [1.807, 2.05) is 0 Å². The lowest BCUT2D eigenvalue weighted by molar-refractivity contribution is 0.0642. The summed E-state index contributed by atoms with van der Waals surface area (Å²) in [5.41, 5.74) is 0. The lowest BCUT2D eigenvalue weighted by atomic mass is 10.1. The molecule has 0 spiro atoms. The molecule has 0 bridgehead atoms. The molecule has 82 valence electrons. The van der Waals surface area contributed by atoms with Gasteiger partial charge in [-0.3, -0.25) is 0 Å². The normalized spacial score (nSPS) is 30.5.